The van der Waals surface area contributed by atoms with Crippen molar-refractivity contribution in [2.45, 2.75) is 32.6 Å². The van der Waals surface area contributed by atoms with Gasteiger partial charge in [0.2, 0.25) is 5.91 Å². The van der Waals surface area contributed by atoms with E-state index in [9.17, 15) is 19.8 Å². The molecule has 2 heterocycles. The predicted octanol–water partition coefficient (Wildman–Crippen LogP) is 4.17. The number of phenolic OH excluding ortho intramolecular Hbond substituents is 2. The highest BCUT2D eigenvalue weighted by Gasteiger charge is 2.29. The summed E-state index contributed by atoms with van der Waals surface area (Å²) in [5.74, 6) is -0.283. The van der Waals surface area contributed by atoms with Crippen molar-refractivity contribution in [2.24, 2.45) is 5.92 Å². The third-order valence-electron chi connectivity index (χ3n) is 6.50. The van der Waals surface area contributed by atoms with E-state index < -0.39 is 5.43 Å². The highest BCUT2D eigenvalue weighted by Crippen LogP contribution is 2.42. The van der Waals surface area contributed by atoms with Crippen LogP contribution in [0.15, 0.2) is 51.7 Å². The maximum absolute atomic E-state index is 13.2. The molecule has 4 rings (SSSR count). The molecule has 2 aromatic carbocycles. The van der Waals surface area contributed by atoms with Gasteiger partial charge in [0.15, 0.2) is 5.43 Å². The minimum atomic E-state index is -0.396. The number of benzene rings is 2. The molecule has 7 nitrogen and oxygen atoms in total. The van der Waals surface area contributed by atoms with Crippen molar-refractivity contribution < 1.29 is 19.4 Å². The lowest BCUT2D eigenvalue weighted by Gasteiger charge is -2.33. The Balaban J connectivity index is 1.82. The van der Waals surface area contributed by atoms with Crippen LogP contribution in [0.5, 0.6) is 11.5 Å². The molecule has 180 valence electrons. The van der Waals surface area contributed by atoms with Crippen LogP contribution in [0.3, 0.4) is 0 Å². The first-order valence-corrected chi connectivity index (χ1v) is 11.8. The number of phenols is 2. The molecule has 3 aromatic rings. The van der Waals surface area contributed by atoms with E-state index in [4.69, 9.17) is 4.42 Å². The van der Waals surface area contributed by atoms with Gasteiger partial charge < -0.3 is 24.4 Å². The number of piperazine rings is 1. The van der Waals surface area contributed by atoms with Gasteiger partial charge in [0.25, 0.3) is 0 Å². The maximum atomic E-state index is 13.2. The fourth-order valence-corrected chi connectivity index (χ4v) is 4.73. The molecule has 0 unspecified atom stereocenters. The first-order chi connectivity index (χ1) is 16.2. The van der Waals surface area contributed by atoms with E-state index in [1.54, 1.807) is 0 Å². The van der Waals surface area contributed by atoms with Crippen molar-refractivity contribution >= 4 is 16.9 Å². The lowest BCUT2D eigenvalue weighted by Crippen LogP contribution is -2.47. The molecule has 1 atom stereocenters. The highest BCUT2D eigenvalue weighted by atomic mass is 16.3. The summed E-state index contributed by atoms with van der Waals surface area (Å²) in [7, 11) is 2.04. The zero-order valence-electron chi connectivity index (χ0n) is 20.0. The lowest BCUT2D eigenvalue weighted by molar-refractivity contribution is -0.133. The molecule has 0 bridgehead atoms. The molecule has 1 aliphatic heterocycles. The fourth-order valence-electron chi connectivity index (χ4n) is 4.73. The van der Waals surface area contributed by atoms with Crippen molar-refractivity contribution in [3.8, 4) is 22.8 Å². The van der Waals surface area contributed by atoms with Crippen LogP contribution >= 0.6 is 0 Å². The quantitative estimate of drug-likeness (QED) is 0.569. The van der Waals surface area contributed by atoms with Gasteiger partial charge in [-0.1, -0.05) is 44.2 Å². The van der Waals surface area contributed by atoms with Crippen molar-refractivity contribution in [1.82, 2.24) is 9.80 Å². The standard InChI is InChI=1S/C27H32N2O5/c1-17(2)13-19(14-24(33)29-11-9-28(3)10-12-29)25-20(30)15-21(31)26-22(32)16-23(34-27(25)26)18-7-5-4-6-8-18/h4-8,15-17,19,30-31H,9-14H2,1-3H3/t19-/m1/s1. The Morgan fingerprint density at radius 3 is 2.35 bits per heavy atom. The number of amides is 1. The van der Waals surface area contributed by atoms with Crippen LogP contribution in [0.25, 0.3) is 22.3 Å². The fraction of sp³-hybridized carbons (Fsp3) is 0.407. The Labute approximate surface area is 199 Å². The number of rotatable bonds is 6. The Bertz CT molecular complexity index is 1230. The number of carbonyl (C=O) groups excluding carboxylic acids is 1. The van der Waals surface area contributed by atoms with Crippen LogP contribution in [0.1, 0.15) is 38.2 Å². The number of likely N-dealkylation sites (N-methyl/N-ethyl adjacent to an activating group) is 1. The molecular weight excluding hydrogens is 432 g/mol. The van der Waals surface area contributed by atoms with E-state index in [2.05, 4.69) is 18.7 Å². The number of aromatic hydroxyl groups is 2. The largest absolute Gasteiger partial charge is 0.507 e. The Morgan fingerprint density at radius 1 is 1.03 bits per heavy atom. The highest BCUT2D eigenvalue weighted by molar-refractivity contribution is 5.90. The Hall–Kier alpha value is -3.32. The molecular formula is C27H32N2O5. The second-order valence-corrected chi connectivity index (χ2v) is 9.59. The molecule has 0 spiro atoms. The van der Waals surface area contributed by atoms with E-state index in [-0.39, 0.29) is 46.6 Å². The average molecular weight is 465 g/mol. The van der Waals surface area contributed by atoms with E-state index in [0.717, 1.165) is 13.1 Å². The molecule has 34 heavy (non-hydrogen) atoms. The minimum absolute atomic E-state index is 0.0148. The third-order valence-corrected chi connectivity index (χ3v) is 6.50. The van der Waals surface area contributed by atoms with Gasteiger partial charge >= 0.3 is 0 Å². The zero-order valence-corrected chi connectivity index (χ0v) is 20.0. The van der Waals surface area contributed by atoms with Gasteiger partial charge in [0.05, 0.1) is 0 Å². The van der Waals surface area contributed by atoms with Crippen molar-refractivity contribution in [2.75, 3.05) is 33.2 Å². The van der Waals surface area contributed by atoms with Gasteiger partial charge in [0, 0.05) is 61.8 Å². The monoisotopic (exact) mass is 464 g/mol. The van der Waals surface area contributed by atoms with Crippen molar-refractivity contribution in [1.29, 1.82) is 0 Å². The van der Waals surface area contributed by atoms with Crippen LogP contribution in [0.4, 0.5) is 0 Å². The number of nitrogens with zero attached hydrogens (tertiary/aromatic N) is 2. The van der Waals surface area contributed by atoms with E-state index >= 15 is 0 Å². The summed E-state index contributed by atoms with van der Waals surface area (Å²) < 4.78 is 6.17. The van der Waals surface area contributed by atoms with E-state index in [1.807, 2.05) is 42.3 Å². The minimum Gasteiger partial charge on any atom is -0.507 e. The van der Waals surface area contributed by atoms with Crippen molar-refractivity contribution in [3.05, 3.63) is 58.3 Å². The summed E-state index contributed by atoms with van der Waals surface area (Å²) in [5.41, 5.74) is 0.858. The lowest BCUT2D eigenvalue weighted by atomic mass is 9.85. The van der Waals surface area contributed by atoms with Crippen LogP contribution < -0.4 is 5.43 Å². The van der Waals surface area contributed by atoms with Gasteiger partial charge in [-0.05, 0) is 19.4 Å². The summed E-state index contributed by atoms with van der Waals surface area (Å²) in [6.07, 6.45) is 0.806. The summed E-state index contributed by atoms with van der Waals surface area (Å²) in [6, 6.07) is 11.8. The molecule has 7 heteroatoms. The SMILES string of the molecule is CC(C)C[C@H](CC(=O)N1CCN(C)CC1)c1c(O)cc(O)c2c(=O)cc(-c3ccccc3)oc12. The molecule has 1 aromatic heterocycles. The molecule has 0 aliphatic carbocycles. The van der Waals surface area contributed by atoms with E-state index in [1.165, 1.54) is 12.1 Å². The normalized spacial score (nSPS) is 15.7. The third kappa shape index (κ3) is 4.94. The molecule has 1 aliphatic rings. The Kier molecular flexibility index (Phi) is 6.93. The second kappa shape index (κ2) is 9.89. The first kappa shape index (κ1) is 23.8. The smallest absolute Gasteiger partial charge is 0.223 e. The zero-order chi connectivity index (χ0) is 24.4. The molecule has 0 radical (unpaired) electrons. The van der Waals surface area contributed by atoms with Gasteiger partial charge in [-0.15, -0.1) is 0 Å². The van der Waals surface area contributed by atoms with Gasteiger partial charge in [0.1, 0.15) is 28.2 Å². The van der Waals surface area contributed by atoms with Crippen LogP contribution in [-0.4, -0.2) is 59.1 Å². The summed E-state index contributed by atoms with van der Waals surface area (Å²) in [4.78, 5) is 30.3. The number of carbonyl (C=O) groups is 1. The summed E-state index contributed by atoms with van der Waals surface area (Å²) >= 11 is 0. The molecule has 1 saturated heterocycles. The van der Waals surface area contributed by atoms with Crippen molar-refractivity contribution in [3.63, 3.8) is 0 Å². The van der Waals surface area contributed by atoms with Gasteiger partial charge in [-0.25, -0.2) is 0 Å². The number of fused-ring (bicyclic) bond motifs is 1. The summed E-state index contributed by atoms with van der Waals surface area (Å²) in [6.45, 7) is 7.09. The molecule has 2 N–H and O–H groups in total. The maximum Gasteiger partial charge on any atom is 0.223 e. The second-order valence-electron chi connectivity index (χ2n) is 9.59. The predicted molar refractivity (Wildman–Crippen MR) is 132 cm³/mol. The number of hydrogen-bond donors (Lipinski definition) is 2. The molecule has 0 saturated carbocycles. The van der Waals surface area contributed by atoms with Crippen LogP contribution in [0.2, 0.25) is 0 Å². The van der Waals surface area contributed by atoms with Crippen LogP contribution in [-0.2, 0) is 4.79 Å². The Morgan fingerprint density at radius 2 is 1.71 bits per heavy atom. The first-order valence-electron chi connectivity index (χ1n) is 11.8. The van der Waals surface area contributed by atoms with Gasteiger partial charge in [-0.3, -0.25) is 9.59 Å². The van der Waals surface area contributed by atoms with E-state index in [0.29, 0.717) is 36.4 Å². The molecule has 1 fully saturated rings. The van der Waals surface area contributed by atoms with Gasteiger partial charge in [-0.2, -0.15) is 0 Å². The van der Waals surface area contributed by atoms with Crippen LogP contribution in [0, 0.1) is 5.92 Å². The molecule has 1 amide bonds. The number of hydrogen-bond acceptors (Lipinski definition) is 6. The summed E-state index contributed by atoms with van der Waals surface area (Å²) in [5, 5.41) is 21.4. The topological polar surface area (TPSA) is 94.2 Å². The average Bonchev–Trinajstić information content (AvgIpc) is 2.79.